The lowest BCUT2D eigenvalue weighted by Crippen LogP contribution is -2.44. The zero-order valence-electron chi connectivity index (χ0n) is 13.8. The first-order valence-corrected chi connectivity index (χ1v) is 8.24. The predicted octanol–water partition coefficient (Wildman–Crippen LogP) is 3.91. The number of nitrogens with one attached hydrogen (secondary N) is 1. The minimum Gasteiger partial charge on any atom is -0.314 e. The minimum atomic E-state index is -0.0902. The third-order valence-corrected chi connectivity index (χ3v) is 4.78. The minimum absolute atomic E-state index is 0.0902. The summed E-state index contributed by atoms with van der Waals surface area (Å²) in [4.78, 5) is 2.51. The summed E-state index contributed by atoms with van der Waals surface area (Å²) < 4.78 is 13.8. The van der Waals surface area contributed by atoms with Crippen molar-refractivity contribution in [2.24, 2.45) is 5.92 Å². The molecule has 1 aliphatic heterocycles. The maximum Gasteiger partial charge on any atom is 0.126 e. The van der Waals surface area contributed by atoms with E-state index in [-0.39, 0.29) is 11.9 Å². The summed E-state index contributed by atoms with van der Waals surface area (Å²) in [7, 11) is 0. The molecule has 0 aromatic heterocycles. The molecular weight excluding hydrogens is 263 g/mol. The number of halogens is 1. The van der Waals surface area contributed by atoms with Crippen molar-refractivity contribution in [1.29, 1.82) is 0 Å². The van der Waals surface area contributed by atoms with Crippen LogP contribution < -0.4 is 5.32 Å². The van der Waals surface area contributed by atoms with Gasteiger partial charge < -0.3 is 5.32 Å². The van der Waals surface area contributed by atoms with Crippen molar-refractivity contribution < 1.29 is 4.39 Å². The van der Waals surface area contributed by atoms with Crippen LogP contribution in [0.2, 0.25) is 0 Å². The van der Waals surface area contributed by atoms with E-state index in [0.717, 1.165) is 30.8 Å². The smallest absolute Gasteiger partial charge is 0.126 e. The molecule has 3 heteroatoms. The molecule has 1 aromatic rings. The van der Waals surface area contributed by atoms with Gasteiger partial charge in [-0.15, -0.1) is 0 Å². The Morgan fingerprint density at radius 3 is 2.86 bits per heavy atom. The van der Waals surface area contributed by atoms with E-state index in [9.17, 15) is 4.39 Å². The Kier molecular flexibility index (Phi) is 5.77. The van der Waals surface area contributed by atoms with Crippen molar-refractivity contribution >= 4 is 0 Å². The van der Waals surface area contributed by atoms with Gasteiger partial charge in [0, 0.05) is 25.2 Å². The summed E-state index contributed by atoms with van der Waals surface area (Å²) in [6.45, 7) is 11.8. The molecule has 2 rings (SSSR count). The summed E-state index contributed by atoms with van der Waals surface area (Å²) in [6, 6.07) is 6.56. The molecule has 0 bridgehead atoms. The number of aryl methyl sites for hydroxylation is 1. The predicted molar refractivity (Wildman–Crippen MR) is 87.0 cm³/mol. The summed E-state index contributed by atoms with van der Waals surface area (Å²) in [5.41, 5.74) is 1.81. The number of rotatable bonds is 3. The number of hydrogen-bond acceptors (Lipinski definition) is 2. The normalized spacial score (nSPS) is 26.1. The Balaban J connectivity index is 2.11. The number of nitrogens with zero attached hydrogens (tertiary/aromatic N) is 1. The fourth-order valence-corrected chi connectivity index (χ4v) is 3.13. The Bertz CT molecular complexity index is 461. The Morgan fingerprint density at radius 1 is 1.43 bits per heavy atom. The van der Waals surface area contributed by atoms with Crippen LogP contribution in [0, 0.1) is 18.7 Å². The van der Waals surface area contributed by atoms with E-state index in [2.05, 4.69) is 37.1 Å². The van der Waals surface area contributed by atoms with E-state index in [0.29, 0.717) is 12.0 Å². The highest BCUT2D eigenvalue weighted by Crippen LogP contribution is 2.24. The lowest BCUT2D eigenvalue weighted by Gasteiger charge is -2.36. The van der Waals surface area contributed by atoms with Crippen LogP contribution >= 0.6 is 0 Å². The molecule has 1 N–H and O–H groups in total. The average Bonchev–Trinajstić information content (AvgIpc) is 2.45. The van der Waals surface area contributed by atoms with Crippen LogP contribution in [0.25, 0.3) is 0 Å². The maximum atomic E-state index is 13.8. The third-order valence-electron chi connectivity index (χ3n) is 4.78. The van der Waals surface area contributed by atoms with Gasteiger partial charge in [-0.25, -0.2) is 4.39 Å². The molecule has 0 aliphatic carbocycles. The maximum absolute atomic E-state index is 13.8. The lowest BCUT2D eigenvalue weighted by molar-refractivity contribution is 0.153. The fraction of sp³-hybridized carbons (Fsp3) is 0.667. The van der Waals surface area contributed by atoms with E-state index >= 15 is 0 Å². The summed E-state index contributed by atoms with van der Waals surface area (Å²) >= 11 is 0. The molecule has 21 heavy (non-hydrogen) atoms. The van der Waals surface area contributed by atoms with Crippen LogP contribution in [0.1, 0.15) is 50.8 Å². The van der Waals surface area contributed by atoms with E-state index in [1.807, 2.05) is 13.0 Å². The first-order chi connectivity index (χ1) is 10.0. The van der Waals surface area contributed by atoms with Crippen LogP contribution in [-0.4, -0.2) is 30.6 Å². The van der Waals surface area contributed by atoms with E-state index < -0.39 is 0 Å². The quantitative estimate of drug-likeness (QED) is 0.909. The largest absolute Gasteiger partial charge is 0.314 e. The first kappa shape index (κ1) is 16.4. The zero-order chi connectivity index (χ0) is 15.4. The Hall–Kier alpha value is -0.930. The molecule has 0 saturated carbocycles. The Labute approximate surface area is 128 Å². The van der Waals surface area contributed by atoms with Crippen LogP contribution in [0.5, 0.6) is 0 Å². The molecule has 1 aromatic carbocycles. The molecular formula is C18H29FN2. The molecule has 1 fully saturated rings. The van der Waals surface area contributed by atoms with Crippen molar-refractivity contribution in [3.8, 4) is 0 Å². The van der Waals surface area contributed by atoms with Crippen molar-refractivity contribution in [3.05, 3.63) is 35.1 Å². The molecule has 3 atom stereocenters. The molecule has 0 spiro atoms. The van der Waals surface area contributed by atoms with Gasteiger partial charge in [-0.1, -0.05) is 26.0 Å². The van der Waals surface area contributed by atoms with Gasteiger partial charge in [0.2, 0.25) is 0 Å². The monoisotopic (exact) mass is 292 g/mol. The van der Waals surface area contributed by atoms with E-state index in [4.69, 9.17) is 0 Å². The van der Waals surface area contributed by atoms with Gasteiger partial charge in [-0.2, -0.15) is 0 Å². The van der Waals surface area contributed by atoms with Gasteiger partial charge in [0.05, 0.1) is 0 Å². The summed E-state index contributed by atoms with van der Waals surface area (Å²) in [5, 5.41) is 3.65. The molecule has 118 valence electrons. The SMILES string of the molecule is CCC1CCN(C(C)c2ccc(C)c(F)c2)CC(C)CN1. The van der Waals surface area contributed by atoms with Crippen molar-refractivity contribution in [1.82, 2.24) is 10.2 Å². The molecule has 0 amide bonds. The second-order valence-electron chi connectivity index (χ2n) is 6.59. The van der Waals surface area contributed by atoms with Crippen LogP contribution in [0.4, 0.5) is 4.39 Å². The van der Waals surface area contributed by atoms with Gasteiger partial charge in [-0.3, -0.25) is 4.90 Å². The molecule has 1 heterocycles. The van der Waals surface area contributed by atoms with Crippen molar-refractivity contribution in [3.63, 3.8) is 0 Å². The van der Waals surface area contributed by atoms with Gasteiger partial charge >= 0.3 is 0 Å². The average molecular weight is 292 g/mol. The highest BCUT2D eigenvalue weighted by molar-refractivity contribution is 5.25. The molecule has 1 saturated heterocycles. The van der Waals surface area contributed by atoms with Crippen LogP contribution in [0.15, 0.2) is 18.2 Å². The van der Waals surface area contributed by atoms with Crippen molar-refractivity contribution in [2.45, 2.75) is 52.6 Å². The van der Waals surface area contributed by atoms with E-state index in [1.54, 1.807) is 6.07 Å². The second-order valence-corrected chi connectivity index (χ2v) is 6.59. The van der Waals surface area contributed by atoms with E-state index in [1.165, 1.54) is 12.8 Å². The van der Waals surface area contributed by atoms with Gasteiger partial charge in [0.15, 0.2) is 0 Å². The van der Waals surface area contributed by atoms with Gasteiger partial charge in [0.1, 0.15) is 5.82 Å². The molecule has 3 unspecified atom stereocenters. The second kappa shape index (κ2) is 7.37. The number of hydrogen-bond donors (Lipinski definition) is 1. The molecule has 0 radical (unpaired) electrons. The van der Waals surface area contributed by atoms with Gasteiger partial charge in [0.25, 0.3) is 0 Å². The summed E-state index contributed by atoms with van der Waals surface area (Å²) in [5.74, 6) is 0.532. The van der Waals surface area contributed by atoms with Crippen LogP contribution in [0.3, 0.4) is 0 Å². The lowest BCUT2D eigenvalue weighted by atomic mass is 10.00. The van der Waals surface area contributed by atoms with Crippen LogP contribution in [-0.2, 0) is 0 Å². The first-order valence-electron chi connectivity index (χ1n) is 8.24. The summed E-state index contributed by atoms with van der Waals surface area (Å²) in [6.07, 6.45) is 2.34. The highest BCUT2D eigenvalue weighted by Gasteiger charge is 2.22. The zero-order valence-corrected chi connectivity index (χ0v) is 13.8. The fourth-order valence-electron chi connectivity index (χ4n) is 3.13. The van der Waals surface area contributed by atoms with Crippen molar-refractivity contribution in [2.75, 3.05) is 19.6 Å². The topological polar surface area (TPSA) is 15.3 Å². The van der Waals surface area contributed by atoms with Gasteiger partial charge in [-0.05, 0) is 56.3 Å². The molecule has 1 aliphatic rings. The number of benzene rings is 1. The highest BCUT2D eigenvalue weighted by atomic mass is 19.1. The Morgan fingerprint density at radius 2 is 2.19 bits per heavy atom. The third kappa shape index (κ3) is 4.27. The standard InChI is InChI=1S/C18H29FN2/c1-5-17-8-9-21(12-13(2)11-20-17)15(4)16-7-6-14(3)18(19)10-16/h6-7,10,13,15,17,20H,5,8-9,11-12H2,1-4H3. The molecule has 2 nitrogen and oxygen atoms in total.